The molecule has 0 atom stereocenters. The summed E-state index contributed by atoms with van der Waals surface area (Å²) in [4.78, 5) is 31.9. The van der Waals surface area contributed by atoms with Gasteiger partial charge in [-0.1, -0.05) is 0 Å². The zero-order valence-electron chi connectivity index (χ0n) is 8.82. The van der Waals surface area contributed by atoms with Crippen molar-refractivity contribution >= 4 is 13.7 Å². The fourth-order valence-corrected chi connectivity index (χ4v) is 1.48. The molecule has 0 aliphatic rings. The molecule has 5 N–H and O–H groups in total. The molecule has 0 radical (unpaired) electrons. The normalized spacial score (nSPS) is 11.5. The van der Waals surface area contributed by atoms with Crippen molar-refractivity contribution in [3.8, 4) is 5.75 Å². The molecule has 8 nitrogen and oxygen atoms in total. The number of pyridine rings is 1. The molecule has 9 heteroatoms. The third kappa shape index (κ3) is 3.50. The quantitative estimate of drug-likeness (QED) is 0.550. The maximum Gasteiger partial charge on any atom is 0.469 e. The van der Waals surface area contributed by atoms with E-state index in [9.17, 15) is 14.5 Å². The number of primary amides is 1. The lowest BCUT2D eigenvalue weighted by molar-refractivity contribution is 0.0992. The van der Waals surface area contributed by atoms with Gasteiger partial charge in [0.15, 0.2) is 0 Å². The first-order chi connectivity index (χ1) is 7.72. The highest BCUT2D eigenvalue weighted by atomic mass is 31.2. The Balaban J connectivity index is 3.12. The zero-order chi connectivity index (χ0) is 13.2. The summed E-state index contributed by atoms with van der Waals surface area (Å²) in [5.41, 5.74) is 4.97. The van der Waals surface area contributed by atoms with E-state index in [2.05, 4.69) is 9.51 Å². The van der Waals surface area contributed by atoms with Crippen LogP contribution in [0.4, 0.5) is 0 Å². The van der Waals surface area contributed by atoms with Crippen molar-refractivity contribution in [2.45, 2.75) is 13.5 Å². The van der Waals surface area contributed by atoms with E-state index in [1.165, 1.54) is 6.92 Å². The molecule has 0 saturated heterocycles. The van der Waals surface area contributed by atoms with Crippen molar-refractivity contribution in [2.24, 2.45) is 5.73 Å². The van der Waals surface area contributed by atoms with Gasteiger partial charge in [-0.05, 0) is 6.92 Å². The summed E-state index contributed by atoms with van der Waals surface area (Å²) < 4.78 is 14.7. The van der Waals surface area contributed by atoms with E-state index in [4.69, 9.17) is 15.5 Å². The van der Waals surface area contributed by atoms with Crippen LogP contribution in [0.25, 0.3) is 0 Å². The highest BCUT2D eigenvalue weighted by molar-refractivity contribution is 7.46. The molecule has 0 unspecified atom stereocenters. The number of hydrogen-bond acceptors (Lipinski definition) is 5. The van der Waals surface area contributed by atoms with Crippen LogP contribution >= 0.6 is 7.82 Å². The summed E-state index contributed by atoms with van der Waals surface area (Å²) in [6.45, 7) is 0.874. The Hall–Kier alpha value is -1.47. The molecule has 0 spiro atoms. The van der Waals surface area contributed by atoms with Crippen LogP contribution in [0.5, 0.6) is 5.75 Å². The molecule has 1 amide bonds. The topological polar surface area (TPSA) is 143 Å². The molecule has 0 aliphatic heterocycles. The largest absolute Gasteiger partial charge is 0.505 e. The van der Waals surface area contributed by atoms with E-state index in [1.54, 1.807) is 0 Å². The summed E-state index contributed by atoms with van der Waals surface area (Å²) in [5.74, 6) is -1.36. The molecule has 0 saturated carbocycles. The SMILES string of the molecule is Cc1ncc(COP(=O)(O)O)c(C(N)=O)c1O. The van der Waals surface area contributed by atoms with Crippen LogP contribution < -0.4 is 5.73 Å². The van der Waals surface area contributed by atoms with Gasteiger partial charge in [0.05, 0.1) is 17.9 Å². The maximum atomic E-state index is 11.1. The van der Waals surface area contributed by atoms with E-state index >= 15 is 0 Å². The predicted molar refractivity (Wildman–Crippen MR) is 56.0 cm³/mol. The number of amides is 1. The number of aryl methyl sites for hydroxylation is 1. The molecule has 0 fully saturated rings. The molecule has 1 rings (SSSR count). The van der Waals surface area contributed by atoms with E-state index in [1.807, 2.05) is 0 Å². The van der Waals surface area contributed by atoms with Gasteiger partial charge < -0.3 is 20.6 Å². The van der Waals surface area contributed by atoms with Gasteiger partial charge in [-0.25, -0.2) is 4.57 Å². The van der Waals surface area contributed by atoms with Crippen LogP contribution in [0.15, 0.2) is 6.20 Å². The molecule has 0 aliphatic carbocycles. The summed E-state index contributed by atoms with van der Waals surface area (Å²) in [6.07, 6.45) is 1.16. The van der Waals surface area contributed by atoms with Gasteiger partial charge in [-0.2, -0.15) is 0 Å². The summed E-state index contributed by atoms with van der Waals surface area (Å²) >= 11 is 0. The minimum absolute atomic E-state index is 0.00363. The molecule has 94 valence electrons. The Morgan fingerprint density at radius 2 is 2.18 bits per heavy atom. The average molecular weight is 262 g/mol. The number of phosphoric ester groups is 1. The second kappa shape index (κ2) is 4.80. The fraction of sp³-hybridized carbons (Fsp3) is 0.250. The first-order valence-electron chi connectivity index (χ1n) is 4.39. The molecule has 1 aromatic rings. The molecular formula is C8H11N2O6P. The number of rotatable bonds is 4. The van der Waals surface area contributed by atoms with Gasteiger partial charge in [-0.3, -0.25) is 14.3 Å². The third-order valence-electron chi connectivity index (χ3n) is 1.95. The van der Waals surface area contributed by atoms with Crippen LogP contribution in [0.2, 0.25) is 0 Å². The number of nitrogens with zero attached hydrogens (tertiary/aromatic N) is 1. The van der Waals surface area contributed by atoms with E-state index < -0.39 is 26.1 Å². The van der Waals surface area contributed by atoms with Gasteiger partial charge in [0.25, 0.3) is 5.91 Å². The zero-order valence-corrected chi connectivity index (χ0v) is 9.72. The summed E-state index contributed by atoms with van der Waals surface area (Å²) in [7, 11) is -4.67. The summed E-state index contributed by atoms with van der Waals surface area (Å²) in [5, 5.41) is 9.57. The highest BCUT2D eigenvalue weighted by Gasteiger charge is 2.20. The van der Waals surface area contributed by atoms with Gasteiger partial charge in [0, 0.05) is 11.8 Å². The van der Waals surface area contributed by atoms with Crippen molar-refractivity contribution in [2.75, 3.05) is 0 Å². The predicted octanol–water partition coefficient (Wildman–Crippen LogP) is -0.196. The maximum absolute atomic E-state index is 11.1. The standard InChI is InChI=1S/C8H11N2O6P/c1-4-7(11)6(8(9)12)5(2-10-4)3-16-17(13,14)15/h2,11H,3H2,1H3,(H2,9,12)(H2,13,14,15). The number of nitrogens with two attached hydrogens (primary N) is 1. The third-order valence-corrected chi connectivity index (χ3v) is 2.41. The Bertz CT molecular complexity index is 497. The van der Waals surface area contributed by atoms with Crippen molar-refractivity contribution < 1.29 is 28.8 Å². The van der Waals surface area contributed by atoms with Crippen LogP contribution in [0.1, 0.15) is 21.6 Å². The van der Waals surface area contributed by atoms with Gasteiger partial charge in [0.2, 0.25) is 0 Å². The Labute approximate surface area is 96.3 Å². The van der Waals surface area contributed by atoms with Crippen LogP contribution in [0.3, 0.4) is 0 Å². The minimum atomic E-state index is -4.67. The minimum Gasteiger partial charge on any atom is -0.505 e. The lowest BCUT2D eigenvalue weighted by atomic mass is 10.1. The van der Waals surface area contributed by atoms with Crippen LogP contribution in [-0.4, -0.2) is 25.8 Å². The van der Waals surface area contributed by atoms with E-state index in [0.29, 0.717) is 0 Å². The van der Waals surface area contributed by atoms with E-state index in [-0.39, 0.29) is 16.8 Å². The number of aromatic hydroxyl groups is 1. The molecule has 0 bridgehead atoms. The number of phosphoric acid groups is 1. The lowest BCUT2D eigenvalue weighted by Gasteiger charge is -2.10. The fourth-order valence-electron chi connectivity index (χ4n) is 1.17. The highest BCUT2D eigenvalue weighted by Crippen LogP contribution is 2.37. The van der Waals surface area contributed by atoms with Crippen molar-refractivity contribution in [1.29, 1.82) is 0 Å². The first kappa shape index (κ1) is 13.6. The molecular weight excluding hydrogens is 251 g/mol. The number of carbonyl (C=O) groups excluding carboxylic acids is 1. The van der Waals surface area contributed by atoms with E-state index in [0.717, 1.165) is 6.20 Å². The second-order valence-corrected chi connectivity index (χ2v) is 4.46. The molecule has 1 heterocycles. The lowest BCUT2D eigenvalue weighted by Crippen LogP contribution is -2.15. The Kier molecular flexibility index (Phi) is 3.84. The second-order valence-electron chi connectivity index (χ2n) is 3.22. The van der Waals surface area contributed by atoms with Crippen LogP contribution in [-0.2, 0) is 15.7 Å². The van der Waals surface area contributed by atoms with Gasteiger partial charge in [-0.15, -0.1) is 0 Å². The molecule has 1 aromatic heterocycles. The number of carbonyl (C=O) groups is 1. The van der Waals surface area contributed by atoms with Crippen molar-refractivity contribution in [3.05, 3.63) is 23.0 Å². The van der Waals surface area contributed by atoms with Crippen molar-refractivity contribution in [1.82, 2.24) is 4.98 Å². The number of aromatic nitrogens is 1. The van der Waals surface area contributed by atoms with Gasteiger partial charge >= 0.3 is 7.82 Å². The molecule has 17 heavy (non-hydrogen) atoms. The van der Waals surface area contributed by atoms with Gasteiger partial charge in [0.1, 0.15) is 5.75 Å². The first-order valence-corrected chi connectivity index (χ1v) is 5.92. The Morgan fingerprint density at radius 3 is 2.65 bits per heavy atom. The smallest absolute Gasteiger partial charge is 0.469 e. The van der Waals surface area contributed by atoms with Crippen LogP contribution in [0, 0.1) is 6.92 Å². The molecule has 0 aromatic carbocycles. The average Bonchev–Trinajstić information content (AvgIpc) is 2.18. The summed E-state index contributed by atoms with van der Waals surface area (Å²) in [6, 6.07) is 0. The number of hydrogen-bond donors (Lipinski definition) is 4. The monoisotopic (exact) mass is 262 g/mol. The van der Waals surface area contributed by atoms with Crippen molar-refractivity contribution in [3.63, 3.8) is 0 Å². The Morgan fingerprint density at radius 1 is 1.59 bits per heavy atom.